The number of amides is 1. The highest BCUT2D eigenvalue weighted by Crippen LogP contribution is 2.32. The molecule has 1 aromatic heterocycles. The fraction of sp³-hybridized carbons (Fsp3) is 0.520. The number of para-hydroxylation sites is 1. The number of carbonyl (C=O) groups is 1. The zero-order valence-corrected chi connectivity index (χ0v) is 17.9. The summed E-state index contributed by atoms with van der Waals surface area (Å²) in [4.78, 5) is 20.1. The van der Waals surface area contributed by atoms with E-state index in [0.29, 0.717) is 5.92 Å². The van der Waals surface area contributed by atoms with Crippen molar-refractivity contribution in [1.82, 2.24) is 15.2 Å². The third kappa shape index (κ3) is 5.01. The Hall–Kier alpha value is -2.40. The van der Waals surface area contributed by atoms with Gasteiger partial charge in [0, 0.05) is 30.8 Å². The first-order valence-electron chi connectivity index (χ1n) is 11.3. The Kier molecular flexibility index (Phi) is 7.00. The fourth-order valence-electron chi connectivity index (χ4n) is 5.03. The van der Waals surface area contributed by atoms with E-state index in [1.54, 1.807) is 7.11 Å². The monoisotopic (exact) mass is 407 g/mol. The van der Waals surface area contributed by atoms with E-state index in [4.69, 9.17) is 4.74 Å². The van der Waals surface area contributed by atoms with Crippen molar-refractivity contribution < 1.29 is 9.53 Å². The lowest BCUT2D eigenvalue weighted by Gasteiger charge is -2.37. The minimum absolute atomic E-state index is 0.0280. The van der Waals surface area contributed by atoms with Gasteiger partial charge in [0.15, 0.2) is 0 Å². The predicted octanol–water partition coefficient (Wildman–Crippen LogP) is 4.35. The van der Waals surface area contributed by atoms with Crippen molar-refractivity contribution in [3.63, 3.8) is 0 Å². The molecular weight excluding hydrogens is 374 g/mol. The van der Waals surface area contributed by atoms with Crippen LogP contribution in [0.3, 0.4) is 0 Å². The third-order valence-electron chi connectivity index (χ3n) is 6.63. The van der Waals surface area contributed by atoms with Gasteiger partial charge in [0.05, 0.1) is 18.8 Å². The smallest absolute Gasteiger partial charge is 0.223 e. The lowest BCUT2D eigenvalue weighted by molar-refractivity contribution is -0.126. The van der Waals surface area contributed by atoms with Crippen LogP contribution in [0.2, 0.25) is 0 Å². The normalized spacial score (nSPS) is 21.3. The molecule has 2 aromatic rings. The molecule has 5 nitrogen and oxygen atoms in total. The van der Waals surface area contributed by atoms with E-state index in [2.05, 4.69) is 33.4 Å². The van der Waals surface area contributed by atoms with E-state index in [9.17, 15) is 4.79 Å². The fourth-order valence-corrected chi connectivity index (χ4v) is 5.03. The molecule has 1 saturated carbocycles. The summed E-state index contributed by atoms with van der Waals surface area (Å²) in [6.07, 6.45) is 8.44. The van der Waals surface area contributed by atoms with Crippen molar-refractivity contribution in [3.05, 3.63) is 59.9 Å². The Balaban J connectivity index is 1.49. The summed E-state index contributed by atoms with van der Waals surface area (Å²) >= 11 is 0. The highest BCUT2D eigenvalue weighted by molar-refractivity contribution is 5.79. The van der Waals surface area contributed by atoms with Gasteiger partial charge < -0.3 is 10.1 Å². The zero-order chi connectivity index (χ0) is 20.8. The molecule has 2 aliphatic rings. The molecule has 1 N–H and O–H groups in total. The number of aromatic nitrogens is 1. The van der Waals surface area contributed by atoms with E-state index >= 15 is 0 Å². The molecule has 2 atom stereocenters. The van der Waals surface area contributed by atoms with E-state index in [1.807, 2.05) is 30.5 Å². The zero-order valence-electron chi connectivity index (χ0n) is 17.9. The summed E-state index contributed by atoms with van der Waals surface area (Å²) < 4.78 is 5.55. The van der Waals surface area contributed by atoms with E-state index in [1.165, 1.54) is 18.4 Å². The van der Waals surface area contributed by atoms with Crippen LogP contribution < -0.4 is 10.1 Å². The number of nitrogens with one attached hydrogen (secondary N) is 1. The third-order valence-corrected chi connectivity index (χ3v) is 6.63. The van der Waals surface area contributed by atoms with Crippen molar-refractivity contribution in [2.45, 2.75) is 51.1 Å². The Morgan fingerprint density at radius 2 is 1.93 bits per heavy atom. The van der Waals surface area contributed by atoms with E-state index in [-0.39, 0.29) is 17.9 Å². The van der Waals surface area contributed by atoms with Gasteiger partial charge in [-0.15, -0.1) is 0 Å². The maximum absolute atomic E-state index is 13.0. The van der Waals surface area contributed by atoms with Crippen LogP contribution in [0.4, 0.5) is 0 Å². The first-order valence-corrected chi connectivity index (χ1v) is 11.3. The molecule has 1 aliphatic carbocycles. The SMILES string of the molecule is COc1ccccc1CN1CCC[C@@H]([C@@H](NC(=O)C2CCCC2)c2ccccn2)C1. The largest absolute Gasteiger partial charge is 0.496 e. The molecule has 0 radical (unpaired) electrons. The molecule has 1 amide bonds. The molecule has 0 spiro atoms. The van der Waals surface area contributed by atoms with Gasteiger partial charge in [-0.3, -0.25) is 14.7 Å². The first kappa shape index (κ1) is 20.9. The Bertz CT molecular complexity index is 820. The summed E-state index contributed by atoms with van der Waals surface area (Å²) in [5.41, 5.74) is 2.19. The number of hydrogen-bond donors (Lipinski definition) is 1. The van der Waals surface area contributed by atoms with Crippen LogP contribution in [-0.4, -0.2) is 36.0 Å². The van der Waals surface area contributed by atoms with Crippen LogP contribution in [-0.2, 0) is 11.3 Å². The molecule has 160 valence electrons. The standard InChI is InChI=1S/C25H33N3O2/c1-30-23-14-5-4-11-20(23)17-28-16-8-12-21(18-28)24(22-13-6-7-15-26-22)27-25(29)19-9-2-3-10-19/h4-7,11,13-15,19,21,24H,2-3,8-10,12,16-18H2,1H3,(H,27,29)/t21-,24-/m1/s1. The molecule has 1 aromatic carbocycles. The van der Waals surface area contributed by atoms with Crippen molar-refractivity contribution in [1.29, 1.82) is 0 Å². The molecule has 0 unspecified atom stereocenters. The second kappa shape index (κ2) is 10.1. The highest BCUT2D eigenvalue weighted by atomic mass is 16.5. The van der Waals surface area contributed by atoms with Crippen molar-refractivity contribution in [2.24, 2.45) is 11.8 Å². The van der Waals surface area contributed by atoms with Gasteiger partial charge in [-0.1, -0.05) is 37.1 Å². The lowest BCUT2D eigenvalue weighted by atomic mass is 9.87. The first-order chi connectivity index (χ1) is 14.7. The van der Waals surface area contributed by atoms with E-state index in [0.717, 1.165) is 56.8 Å². The quantitative estimate of drug-likeness (QED) is 0.741. The summed E-state index contributed by atoms with van der Waals surface area (Å²) in [7, 11) is 1.73. The number of ether oxygens (including phenoxy) is 1. The number of nitrogens with zero attached hydrogens (tertiary/aromatic N) is 2. The minimum Gasteiger partial charge on any atom is -0.496 e. The van der Waals surface area contributed by atoms with Crippen LogP contribution >= 0.6 is 0 Å². The van der Waals surface area contributed by atoms with Gasteiger partial charge in [0.25, 0.3) is 0 Å². The van der Waals surface area contributed by atoms with Crippen molar-refractivity contribution in [3.8, 4) is 5.75 Å². The molecule has 4 rings (SSSR count). The molecule has 5 heteroatoms. The van der Waals surface area contributed by atoms with Crippen LogP contribution in [0, 0.1) is 11.8 Å². The number of pyridine rings is 1. The summed E-state index contributed by atoms with van der Waals surface area (Å²) in [6.45, 7) is 2.89. The number of methoxy groups -OCH3 is 1. The lowest BCUT2D eigenvalue weighted by Crippen LogP contribution is -2.44. The summed E-state index contributed by atoms with van der Waals surface area (Å²) in [5, 5.41) is 3.40. The van der Waals surface area contributed by atoms with Gasteiger partial charge in [-0.05, 0) is 56.3 Å². The number of rotatable bonds is 7. The van der Waals surface area contributed by atoms with Crippen molar-refractivity contribution >= 4 is 5.91 Å². The van der Waals surface area contributed by atoms with Crippen LogP contribution in [0.15, 0.2) is 48.7 Å². The molecule has 1 aliphatic heterocycles. The Morgan fingerprint density at radius 3 is 2.70 bits per heavy atom. The maximum atomic E-state index is 13.0. The average molecular weight is 408 g/mol. The second-order valence-corrected chi connectivity index (χ2v) is 8.67. The van der Waals surface area contributed by atoms with E-state index < -0.39 is 0 Å². The number of piperidine rings is 1. The number of carbonyl (C=O) groups excluding carboxylic acids is 1. The topological polar surface area (TPSA) is 54.5 Å². The van der Waals surface area contributed by atoms with Gasteiger partial charge in [-0.25, -0.2) is 0 Å². The average Bonchev–Trinajstić information content (AvgIpc) is 3.34. The molecular formula is C25H33N3O2. The molecule has 30 heavy (non-hydrogen) atoms. The Labute approximate surface area is 179 Å². The second-order valence-electron chi connectivity index (χ2n) is 8.67. The molecule has 2 fully saturated rings. The van der Waals surface area contributed by atoms with Gasteiger partial charge in [0.1, 0.15) is 5.75 Å². The van der Waals surface area contributed by atoms with Crippen LogP contribution in [0.25, 0.3) is 0 Å². The maximum Gasteiger partial charge on any atom is 0.223 e. The predicted molar refractivity (Wildman–Crippen MR) is 118 cm³/mol. The van der Waals surface area contributed by atoms with Crippen LogP contribution in [0.5, 0.6) is 5.75 Å². The summed E-state index contributed by atoms with van der Waals surface area (Å²) in [6, 6.07) is 14.2. The minimum atomic E-state index is -0.0280. The Morgan fingerprint density at radius 1 is 1.13 bits per heavy atom. The summed E-state index contributed by atoms with van der Waals surface area (Å²) in [5.74, 6) is 1.68. The number of likely N-dealkylation sites (tertiary alicyclic amines) is 1. The number of benzene rings is 1. The van der Waals surface area contributed by atoms with Crippen molar-refractivity contribution in [2.75, 3.05) is 20.2 Å². The van der Waals surface area contributed by atoms with Gasteiger partial charge >= 0.3 is 0 Å². The highest BCUT2D eigenvalue weighted by Gasteiger charge is 2.33. The molecule has 2 heterocycles. The molecule has 0 bridgehead atoms. The molecule has 1 saturated heterocycles. The number of hydrogen-bond acceptors (Lipinski definition) is 4. The van der Waals surface area contributed by atoms with Gasteiger partial charge in [-0.2, -0.15) is 0 Å². The van der Waals surface area contributed by atoms with Crippen LogP contribution in [0.1, 0.15) is 55.8 Å². The van der Waals surface area contributed by atoms with Gasteiger partial charge in [0.2, 0.25) is 5.91 Å².